The van der Waals surface area contributed by atoms with Crippen molar-refractivity contribution in [1.29, 1.82) is 0 Å². The molecule has 0 bridgehead atoms. The average Bonchev–Trinajstić information content (AvgIpc) is 3.51. The lowest BCUT2D eigenvalue weighted by Gasteiger charge is -2.06. The first-order valence-corrected chi connectivity index (χ1v) is 10.8. The number of benzene rings is 1. The van der Waals surface area contributed by atoms with E-state index < -0.39 is 0 Å². The third-order valence-corrected chi connectivity index (χ3v) is 5.78. The summed E-state index contributed by atoms with van der Waals surface area (Å²) in [5.41, 5.74) is 4.16. The zero-order valence-corrected chi connectivity index (χ0v) is 18.9. The molecule has 0 fully saturated rings. The zero-order chi connectivity index (χ0) is 22.9. The van der Waals surface area contributed by atoms with Gasteiger partial charge < -0.3 is 9.73 Å². The van der Waals surface area contributed by atoms with Crippen molar-refractivity contribution in [2.24, 2.45) is 0 Å². The van der Waals surface area contributed by atoms with Gasteiger partial charge in [-0.05, 0) is 43.7 Å². The van der Waals surface area contributed by atoms with Crippen LogP contribution >= 0.6 is 11.6 Å². The van der Waals surface area contributed by atoms with Gasteiger partial charge in [0.05, 0.1) is 23.9 Å². The number of pyridine rings is 1. The number of aryl methyl sites for hydroxylation is 2. The predicted molar refractivity (Wildman–Crippen MR) is 126 cm³/mol. The Morgan fingerprint density at radius 3 is 2.73 bits per heavy atom. The van der Waals surface area contributed by atoms with E-state index in [2.05, 4.69) is 20.5 Å². The number of hydrogen-bond acceptors (Lipinski definition) is 5. The van der Waals surface area contributed by atoms with Crippen molar-refractivity contribution in [1.82, 2.24) is 24.5 Å². The molecule has 0 aliphatic rings. The number of rotatable bonds is 6. The van der Waals surface area contributed by atoms with E-state index in [0.717, 1.165) is 33.7 Å². The number of hydrogen-bond donors (Lipinski definition) is 1. The fourth-order valence-corrected chi connectivity index (χ4v) is 4.06. The average molecular weight is 461 g/mol. The summed E-state index contributed by atoms with van der Waals surface area (Å²) in [6, 6.07) is 15.1. The molecule has 1 N–H and O–H groups in total. The summed E-state index contributed by atoms with van der Waals surface area (Å²) >= 11 is 6.27. The minimum Gasteiger partial charge on any atom is -0.464 e. The van der Waals surface area contributed by atoms with Crippen molar-refractivity contribution < 1.29 is 9.21 Å². The van der Waals surface area contributed by atoms with Crippen molar-refractivity contribution in [3.8, 4) is 11.3 Å². The second kappa shape index (κ2) is 8.55. The maximum absolute atomic E-state index is 12.8. The fraction of sp³-hybridized carbons (Fsp3) is 0.167. The second-order valence-electron chi connectivity index (χ2n) is 7.75. The molecule has 1 amide bonds. The molecule has 4 aromatic heterocycles. The lowest BCUT2D eigenvalue weighted by molar-refractivity contribution is -0.116. The van der Waals surface area contributed by atoms with E-state index in [1.165, 1.54) is 0 Å². The fourth-order valence-electron chi connectivity index (χ4n) is 3.87. The Labute approximate surface area is 194 Å². The summed E-state index contributed by atoms with van der Waals surface area (Å²) in [6.45, 7) is 4.35. The number of nitrogens with one attached hydrogen (secondary N) is 1. The first-order chi connectivity index (χ1) is 16.0. The van der Waals surface area contributed by atoms with E-state index in [-0.39, 0.29) is 12.5 Å². The highest BCUT2D eigenvalue weighted by Gasteiger charge is 2.18. The predicted octanol–water partition coefficient (Wildman–Crippen LogP) is 4.85. The quantitative estimate of drug-likeness (QED) is 0.391. The van der Waals surface area contributed by atoms with Crippen LogP contribution in [0.25, 0.3) is 22.4 Å². The lowest BCUT2D eigenvalue weighted by Crippen LogP contribution is -2.20. The summed E-state index contributed by atoms with van der Waals surface area (Å²) in [6.07, 6.45) is 3.32. The first kappa shape index (κ1) is 21.0. The maximum Gasteiger partial charge on any atom is 0.247 e. The normalized spacial score (nSPS) is 11.2. The van der Waals surface area contributed by atoms with Crippen LogP contribution in [-0.4, -0.2) is 30.5 Å². The molecule has 33 heavy (non-hydrogen) atoms. The van der Waals surface area contributed by atoms with E-state index in [1.54, 1.807) is 17.1 Å². The molecule has 0 radical (unpaired) electrons. The van der Waals surface area contributed by atoms with E-state index in [1.807, 2.05) is 67.1 Å². The molecule has 0 aliphatic heterocycles. The van der Waals surface area contributed by atoms with Gasteiger partial charge in [0, 0.05) is 28.5 Å². The van der Waals surface area contributed by atoms with Crippen LogP contribution in [0.1, 0.15) is 17.0 Å². The Kier molecular flexibility index (Phi) is 5.43. The molecule has 0 saturated heterocycles. The highest BCUT2D eigenvalue weighted by Crippen LogP contribution is 2.30. The highest BCUT2D eigenvalue weighted by molar-refractivity contribution is 6.31. The molecule has 9 heteroatoms. The largest absolute Gasteiger partial charge is 0.464 e. The van der Waals surface area contributed by atoms with Crippen LogP contribution in [0.5, 0.6) is 0 Å². The Morgan fingerprint density at radius 1 is 1.09 bits per heavy atom. The number of amides is 1. The van der Waals surface area contributed by atoms with Gasteiger partial charge in [-0.25, -0.2) is 9.67 Å². The Bertz CT molecular complexity index is 1450. The van der Waals surface area contributed by atoms with Crippen LogP contribution in [0.2, 0.25) is 5.02 Å². The first-order valence-electron chi connectivity index (χ1n) is 10.4. The number of aromatic nitrogens is 5. The van der Waals surface area contributed by atoms with Crippen molar-refractivity contribution >= 4 is 34.4 Å². The Hall–Kier alpha value is -3.91. The topological polar surface area (TPSA) is 90.8 Å². The van der Waals surface area contributed by atoms with Crippen molar-refractivity contribution in [3.05, 3.63) is 83.0 Å². The van der Waals surface area contributed by atoms with Gasteiger partial charge in [0.25, 0.3) is 0 Å². The maximum atomic E-state index is 12.8. The molecule has 8 nitrogen and oxygen atoms in total. The summed E-state index contributed by atoms with van der Waals surface area (Å²) in [5.74, 6) is 0.961. The van der Waals surface area contributed by atoms with Crippen molar-refractivity contribution in [2.75, 3.05) is 5.32 Å². The zero-order valence-electron chi connectivity index (χ0n) is 18.1. The lowest BCUT2D eigenvalue weighted by atomic mass is 10.1. The standard InChI is InChI=1S/C24H21ClN6O2/c1-15-12-21(29-30(15)13-17-6-3-4-7-19(17)25)27-22(32)14-31-24-23(16(2)28-31)18(9-10-26-24)20-8-5-11-33-20/h3-12H,13-14H2,1-2H3,(H,27,29,32). The molecular weight excluding hydrogens is 440 g/mol. The Balaban J connectivity index is 1.35. The smallest absolute Gasteiger partial charge is 0.247 e. The molecule has 0 aliphatic carbocycles. The molecule has 4 heterocycles. The van der Waals surface area contributed by atoms with E-state index in [9.17, 15) is 4.79 Å². The molecule has 5 rings (SSSR count). The monoisotopic (exact) mass is 460 g/mol. The number of furan rings is 1. The molecule has 0 atom stereocenters. The van der Waals surface area contributed by atoms with Crippen molar-refractivity contribution in [3.63, 3.8) is 0 Å². The van der Waals surface area contributed by atoms with Crippen LogP contribution in [0, 0.1) is 13.8 Å². The van der Waals surface area contributed by atoms with Crippen LogP contribution in [0.3, 0.4) is 0 Å². The molecule has 0 spiro atoms. The summed E-state index contributed by atoms with van der Waals surface area (Å²) in [4.78, 5) is 17.2. The van der Waals surface area contributed by atoms with Gasteiger partial charge in [0.15, 0.2) is 11.5 Å². The summed E-state index contributed by atoms with van der Waals surface area (Å²) < 4.78 is 8.96. The molecule has 166 valence electrons. The van der Waals surface area contributed by atoms with E-state index in [4.69, 9.17) is 16.0 Å². The molecule has 0 saturated carbocycles. The second-order valence-corrected chi connectivity index (χ2v) is 8.15. The molecular formula is C24H21ClN6O2. The third kappa shape index (κ3) is 4.12. The van der Waals surface area contributed by atoms with Gasteiger partial charge in [-0.2, -0.15) is 10.2 Å². The number of carbonyl (C=O) groups is 1. The van der Waals surface area contributed by atoms with Gasteiger partial charge in [-0.15, -0.1) is 0 Å². The van der Waals surface area contributed by atoms with Gasteiger partial charge in [-0.3, -0.25) is 9.48 Å². The minimum absolute atomic E-state index is 0.00929. The Morgan fingerprint density at radius 2 is 1.94 bits per heavy atom. The van der Waals surface area contributed by atoms with Gasteiger partial charge in [0.1, 0.15) is 12.3 Å². The highest BCUT2D eigenvalue weighted by atomic mass is 35.5. The number of fused-ring (bicyclic) bond motifs is 1. The van der Waals surface area contributed by atoms with E-state index in [0.29, 0.717) is 23.0 Å². The van der Waals surface area contributed by atoms with E-state index >= 15 is 0 Å². The van der Waals surface area contributed by atoms with Crippen LogP contribution < -0.4 is 5.32 Å². The summed E-state index contributed by atoms with van der Waals surface area (Å²) in [5, 5.41) is 13.5. The summed E-state index contributed by atoms with van der Waals surface area (Å²) in [7, 11) is 0. The van der Waals surface area contributed by atoms with Gasteiger partial charge >= 0.3 is 0 Å². The number of halogens is 1. The molecule has 0 unspecified atom stereocenters. The van der Waals surface area contributed by atoms with Crippen molar-refractivity contribution in [2.45, 2.75) is 26.9 Å². The van der Waals surface area contributed by atoms with Crippen LogP contribution in [0.4, 0.5) is 5.82 Å². The number of carbonyl (C=O) groups excluding carboxylic acids is 1. The number of nitrogens with zero attached hydrogens (tertiary/aromatic N) is 5. The van der Waals surface area contributed by atoms with Gasteiger partial charge in [0.2, 0.25) is 5.91 Å². The van der Waals surface area contributed by atoms with Crippen LogP contribution in [0.15, 0.2) is 65.4 Å². The SMILES string of the molecule is Cc1nn(CC(=O)Nc2cc(C)n(Cc3ccccc3Cl)n2)c2nccc(-c3ccco3)c12. The van der Waals surface area contributed by atoms with Crippen LogP contribution in [-0.2, 0) is 17.9 Å². The minimum atomic E-state index is -0.244. The van der Waals surface area contributed by atoms with Gasteiger partial charge in [-0.1, -0.05) is 29.8 Å². The number of anilines is 1. The third-order valence-electron chi connectivity index (χ3n) is 5.41. The molecule has 5 aromatic rings. The molecule has 1 aromatic carbocycles.